The van der Waals surface area contributed by atoms with E-state index >= 15 is 0 Å². The quantitative estimate of drug-likeness (QED) is 0.176. The van der Waals surface area contributed by atoms with Gasteiger partial charge in [0, 0.05) is 5.56 Å². The van der Waals surface area contributed by atoms with E-state index in [0.717, 1.165) is 16.7 Å². The van der Waals surface area contributed by atoms with Gasteiger partial charge in [-0.1, -0.05) is 72.8 Å². The molecule has 4 aromatic carbocycles. The number of rotatable bonds is 11. The molecule has 2 aliphatic rings. The van der Waals surface area contributed by atoms with Crippen molar-refractivity contribution in [2.24, 2.45) is 0 Å². The van der Waals surface area contributed by atoms with Crippen LogP contribution in [0.4, 0.5) is 5.82 Å². The van der Waals surface area contributed by atoms with Crippen LogP contribution < -0.4 is 14.8 Å². The highest BCUT2D eigenvalue weighted by molar-refractivity contribution is 6.06. The number of aliphatic hydroxyl groups is 1. The van der Waals surface area contributed by atoms with Crippen molar-refractivity contribution in [1.82, 2.24) is 19.5 Å². The number of amides is 1. The molecule has 12 heteroatoms. The average Bonchev–Trinajstić information content (AvgIpc) is 3.81. The van der Waals surface area contributed by atoms with Gasteiger partial charge in [-0.15, -0.1) is 0 Å². The molecule has 6 aromatic rings. The lowest BCUT2D eigenvalue weighted by Crippen LogP contribution is -2.48. The molecule has 0 unspecified atom stereocenters. The number of anilines is 1. The second-order valence-corrected chi connectivity index (χ2v) is 12.3. The summed E-state index contributed by atoms with van der Waals surface area (Å²) in [4.78, 5) is 26.1. The van der Waals surface area contributed by atoms with E-state index in [2.05, 4.69) is 20.3 Å². The van der Waals surface area contributed by atoms with Crippen molar-refractivity contribution < 1.29 is 35.0 Å². The number of ether oxygens (including phenoxy) is 5. The molecule has 0 saturated carbocycles. The van der Waals surface area contributed by atoms with Crippen LogP contribution in [0.2, 0.25) is 0 Å². The average molecular weight is 687 g/mol. The van der Waals surface area contributed by atoms with Crippen LogP contribution in [0.25, 0.3) is 11.2 Å². The first-order chi connectivity index (χ1) is 25.3. The van der Waals surface area contributed by atoms with Gasteiger partial charge in [-0.3, -0.25) is 9.36 Å². The van der Waals surface area contributed by atoms with Gasteiger partial charge in [0.25, 0.3) is 5.91 Å². The van der Waals surface area contributed by atoms with Crippen LogP contribution in [-0.4, -0.2) is 75.8 Å². The predicted molar refractivity (Wildman–Crippen MR) is 187 cm³/mol. The van der Waals surface area contributed by atoms with Crippen molar-refractivity contribution in [3.8, 4) is 11.5 Å². The Bertz CT molecular complexity index is 2150. The van der Waals surface area contributed by atoms with Crippen molar-refractivity contribution in [1.29, 1.82) is 0 Å². The maximum absolute atomic E-state index is 12.9. The molecule has 12 nitrogen and oxygen atoms in total. The summed E-state index contributed by atoms with van der Waals surface area (Å²) in [5.41, 5.74) is 0.586. The Labute approximate surface area is 295 Å². The number of benzene rings is 4. The molecule has 0 aliphatic carbocycles. The number of nitrogens with zero attached hydrogens (tertiary/aromatic N) is 4. The number of hydrogen-bond donors (Lipinski definition) is 2. The zero-order valence-corrected chi connectivity index (χ0v) is 27.8. The third kappa shape index (κ3) is 5.58. The van der Waals surface area contributed by atoms with E-state index in [-0.39, 0.29) is 24.9 Å². The Kier molecular flexibility index (Phi) is 8.13. The van der Waals surface area contributed by atoms with E-state index in [1.165, 1.54) is 12.7 Å². The molecule has 258 valence electrons. The Hall–Kier alpha value is -5.66. The second kappa shape index (κ2) is 13.2. The molecule has 1 amide bonds. The lowest BCUT2D eigenvalue weighted by molar-refractivity contribution is -0.202. The fourth-order valence-corrected chi connectivity index (χ4v) is 6.79. The lowest BCUT2D eigenvalue weighted by Gasteiger charge is -2.39. The summed E-state index contributed by atoms with van der Waals surface area (Å²) in [5, 5.41) is 14.7. The van der Waals surface area contributed by atoms with Crippen molar-refractivity contribution in [2.75, 3.05) is 32.8 Å². The predicted octanol–water partition coefficient (Wildman–Crippen LogP) is 5.13. The Morgan fingerprint density at radius 2 is 1.51 bits per heavy atom. The summed E-state index contributed by atoms with van der Waals surface area (Å²) in [6.07, 6.45) is -1.60. The van der Waals surface area contributed by atoms with Crippen LogP contribution in [0.5, 0.6) is 11.5 Å². The molecule has 4 heterocycles. The summed E-state index contributed by atoms with van der Waals surface area (Å²) < 4.78 is 41.6. The van der Waals surface area contributed by atoms with Crippen molar-refractivity contribution in [2.45, 2.75) is 29.6 Å². The molecule has 2 saturated heterocycles. The minimum atomic E-state index is -2.24. The van der Waals surface area contributed by atoms with Gasteiger partial charge in [-0.2, -0.15) is 0 Å². The number of aromatic nitrogens is 4. The topological polar surface area (TPSA) is 139 Å². The Morgan fingerprint density at radius 1 is 0.902 bits per heavy atom. The fraction of sp³-hybridized carbons (Fsp3) is 0.231. The number of hydrogen-bond acceptors (Lipinski definition) is 10. The molecule has 4 atom stereocenters. The van der Waals surface area contributed by atoms with Crippen LogP contribution in [0.1, 0.15) is 34.6 Å². The van der Waals surface area contributed by atoms with Gasteiger partial charge < -0.3 is 34.1 Å². The molecule has 0 spiro atoms. The second-order valence-electron chi connectivity index (χ2n) is 12.3. The summed E-state index contributed by atoms with van der Waals surface area (Å²) in [7, 11) is 3.21. The van der Waals surface area contributed by atoms with E-state index in [0.29, 0.717) is 28.2 Å². The number of imidazole rings is 1. The standard InChI is InChI=1S/C39H35N5O7/c1-47-29-17-13-27(14-18-29)39(26-11-7-4-8-12-26,28-15-19-30(48-2)20-16-28)50-22-38-21-49-32(33(38)45)37(51-38)44-24-42-31-34(40-23-41-35(31)44)43-36(46)25-9-5-3-6-10-25/h3-20,23-24,32-33,37,45H,21-22H2,1-2H3,(H,40,41,43,46)/t32-,33+,37-,38-/m1/s1/i33D. The number of carbonyl (C=O) groups is 1. The fourth-order valence-electron chi connectivity index (χ4n) is 6.79. The molecule has 51 heavy (non-hydrogen) atoms. The third-order valence-corrected chi connectivity index (χ3v) is 9.43. The zero-order chi connectivity index (χ0) is 35.9. The highest BCUT2D eigenvalue weighted by Gasteiger charge is 2.63. The molecule has 2 bridgehead atoms. The Balaban J connectivity index is 1.16. The normalized spacial score (nSPS) is 22.8. The number of carbonyl (C=O) groups excluding carboxylic acids is 1. The van der Waals surface area contributed by atoms with E-state index in [4.69, 9.17) is 23.7 Å². The van der Waals surface area contributed by atoms with Crippen LogP contribution in [0.3, 0.4) is 0 Å². The summed E-state index contributed by atoms with van der Waals surface area (Å²) in [6, 6.07) is 33.6. The van der Waals surface area contributed by atoms with Crippen LogP contribution >= 0.6 is 0 Å². The first-order valence-corrected chi connectivity index (χ1v) is 16.3. The molecule has 2 N–H and O–H groups in total. The minimum absolute atomic E-state index is 0.107. The van der Waals surface area contributed by atoms with E-state index in [1.807, 2.05) is 84.9 Å². The monoisotopic (exact) mass is 686 g/mol. The first kappa shape index (κ1) is 31.3. The van der Waals surface area contributed by atoms with Gasteiger partial charge in [0.15, 0.2) is 23.2 Å². The molecule has 2 fully saturated rings. The van der Waals surface area contributed by atoms with Crippen molar-refractivity contribution in [3.05, 3.63) is 144 Å². The maximum Gasteiger partial charge on any atom is 0.256 e. The third-order valence-electron chi connectivity index (χ3n) is 9.43. The van der Waals surface area contributed by atoms with E-state index < -0.39 is 29.6 Å². The SMILES string of the molecule is [2H][C@]1(O)[C@H]2OC[C@]1(COC(c1ccccc1)(c1ccc(OC)cc1)c1ccc(OC)cc1)O[C@H]2n1cnc2c(NC(=O)c3ccccc3)ncnc21. The van der Waals surface area contributed by atoms with Crippen molar-refractivity contribution in [3.63, 3.8) is 0 Å². The Morgan fingerprint density at radius 3 is 2.14 bits per heavy atom. The van der Waals surface area contributed by atoms with Gasteiger partial charge in [0.05, 0.1) is 35.1 Å². The maximum atomic E-state index is 12.9. The summed E-state index contributed by atoms with van der Waals surface area (Å²) >= 11 is 0. The number of methoxy groups -OCH3 is 2. The number of fused-ring (bicyclic) bond motifs is 3. The smallest absolute Gasteiger partial charge is 0.256 e. The molecular formula is C39H35N5O7. The van der Waals surface area contributed by atoms with Crippen LogP contribution in [-0.2, 0) is 19.8 Å². The van der Waals surface area contributed by atoms with E-state index in [1.54, 1.807) is 43.1 Å². The highest BCUT2D eigenvalue weighted by Crippen LogP contribution is 2.49. The molecular weight excluding hydrogens is 650 g/mol. The molecule has 8 rings (SSSR count). The highest BCUT2D eigenvalue weighted by atomic mass is 16.7. The van der Waals surface area contributed by atoms with E-state index in [9.17, 15) is 11.3 Å². The minimum Gasteiger partial charge on any atom is -0.497 e. The van der Waals surface area contributed by atoms with Crippen LogP contribution in [0.15, 0.2) is 122 Å². The summed E-state index contributed by atoms with van der Waals surface area (Å²) in [5.74, 6) is 1.19. The molecule has 2 aromatic heterocycles. The van der Waals surface area contributed by atoms with Gasteiger partial charge >= 0.3 is 0 Å². The van der Waals surface area contributed by atoms with Gasteiger partial charge in [-0.05, 0) is 53.1 Å². The molecule has 2 aliphatic heterocycles. The lowest BCUT2D eigenvalue weighted by atomic mass is 9.79. The van der Waals surface area contributed by atoms with Gasteiger partial charge in [-0.25, -0.2) is 15.0 Å². The largest absolute Gasteiger partial charge is 0.497 e. The summed E-state index contributed by atoms with van der Waals surface area (Å²) in [6.45, 7) is -0.350. The van der Waals surface area contributed by atoms with Crippen LogP contribution in [0, 0.1) is 0 Å². The molecule has 0 radical (unpaired) electrons. The number of nitrogens with one attached hydrogen (secondary N) is 1. The zero-order valence-electron chi connectivity index (χ0n) is 28.8. The van der Waals surface area contributed by atoms with Crippen molar-refractivity contribution >= 4 is 22.9 Å². The van der Waals surface area contributed by atoms with Gasteiger partial charge in [0.1, 0.15) is 41.2 Å². The van der Waals surface area contributed by atoms with Gasteiger partial charge in [0.2, 0.25) is 0 Å². The first-order valence-electron chi connectivity index (χ1n) is 16.8.